The maximum absolute atomic E-state index is 2.57. The molecule has 0 saturated carbocycles. The number of rotatable bonds is 1. The number of alkyl halides is 1. The molecule has 2 fully saturated rings. The van der Waals surface area contributed by atoms with Gasteiger partial charge in [-0.1, -0.05) is 22.6 Å². The molecule has 4 heteroatoms. The zero-order valence-electron chi connectivity index (χ0n) is 6.96. The molecule has 2 heterocycles. The van der Waals surface area contributed by atoms with Crippen LogP contribution in [0.3, 0.4) is 0 Å². The lowest BCUT2D eigenvalue weighted by atomic mass is 10.4. The highest BCUT2D eigenvalue weighted by atomic mass is 127. The third kappa shape index (κ3) is 2.12. The minimum absolute atomic E-state index is 0.881. The number of hydrogen-bond donors (Lipinski definition) is 0. The van der Waals surface area contributed by atoms with Gasteiger partial charge in [-0.05, 0) is 23.5 Å². The number of halogens is 1. The van der Waals surface area contributed by atoms with E-state index in [0.717, 1.165) is 5.25 Å². The monoisotopic (exact) mass is 314 g/mol. The van der Waals surface area contributed by atoms with Gasteiger partial charge in [0.25, 0.3) is 4.38 Å². The Balaban J connectivity index is 2.01. The maximum atomic E-state index is 2.57. The molecule has 0 amide bonds. The van der Waals surface area contributed by atoms with E-state index in [0.29, 0.717) is 0 Å². The molecule has 0 aromatic heterocycles. The van der Waals surface area contributed by atoms with E-state index in [-0.39, 0.29) is 0 Å². The molecular weight excluding hydrogens is 301 g/mol. The lowest BCUT2D eigenvalue weighted by Crippen LogP contribution is -2.11. The molecule has 1 atom stereocenters. The second-order valence-electron chi connectivity index (χ2n) is 3.17. The first-order chi connectivity index (χ1) is 5.90. The highest BCUT2D eigenvalue weighted by Gasteiger charge is 2.30. The third-order valence-corrected chi connectivity index (χ3v) is 6.91. The van der Waals surface area contributed by atoms with Gasteiger partial charge in [-0.25, -0.2) is 4.58 Å². The predicted octanol–water partition coefficient (Wildman–Crippen LogP) is 2.43. The summed E-state index contributed by atoms with van der Waals surface area (Å²) in [6.07, 6.45) is 2.80. The molecule has 0 N–H and O–H groups in total. The van der Waals surface area contributed by atoms with Crippen LogP contribution in [-0.2, 0) is 0 Å². The van der Waals surface area contributed by atoms with E-state index in [9.17, 15) is 0 Å². The van der Waals surface area contributed by atoms with Gasteiger partial charge in [-0.15, -0.1) is 0 Å². The predicted molar refractivity (Wildman–Crippen MR) is 67.0 cm³/mol. The second-order valence-corrected chi connectivity index (χ2v) is 6.60. The molecule has 0 aromatic rings. The van der Waals surface area contributed by atoms with E-state index < -0.39 is 0 Å². The van der Waals surface area contributed by atoms with Gasteiger partial charge in [0.2, 0.25) is 0 Å². The van der Waals surface area contributed by atoms with Gasteiger partial charge in [0, 0.05) is 28.3 Å². The van der Waals surface area contributed by atoms with Crippen molar-refractivity contribution in [2.45, 2.75) is 18.1 Å². The van der Waals surface area contributed by atoms with Crippen LogP contribution in [0.4, 0.5) is 0 Å². The van der Waals surface area contributed by atoms with E-state index in [1.165, 1.54) is 36.1 Å². The molecule has 68 valence electrons. The van der Waals surface area contributed by atoms with E-state index in [1.54, 1.807) is 4.38 Å². The molecule has 2 rings (SSSR count). The van der Waals surface area contributed by atoms with Crippen LogP contribution in [0.2, 0.25) is 0 Å². The minimum atomic E-state index is 0.881. The Bertz CT molecular complexity index is 197. The van der Waals surface area contributed by atoms with Crippen molar-refractivity contribution in [2.75, 3.05) is 23.3 Å². The first-order valence-corrected chi connectivity index (χ1v) is 7.76. The summed E-state index contributed by atoms with van der Waals surface area (Å²) in [4.78, 5) is 0. The summed E-state index contributed by atoms with van der Waals surface area (Å²) >= 11 is 6.68. The smallest absolute Gasteiger partial charge is 0.219 e. The fraction of sp³-hybridized carbons (Fsp3) is 0.875. The Hall–Kier alpha value is 1.10. The van der Waals surface area contributed by atoms with Crippen LogP contribution in [0.15, 0.2) is 0 Å². The normalized spacial score (nSPS) is 30.2. The first kappa shape index (κ1) is 9.65. The number of nitrogens with zero attached hydrogens (tertiary/aromatic N) is 1. The Morgan fingerprint density at radius 1 is 1.42 bits per heavy atom. The van der Waals surface area contributed by atoms with Gasteiger partial charge in [0.15, 0.2) is 0 Å². The van der Waals surface area contributed by atoms with Crippen LogP contribution in [0.5, 0.6) is 0 Å². The van der Waals surface area contributed by atoms with E-state index in [2.05, 4.69) is 50.7 Å². The van der Waals surface area contributed by atoms with Gasteiger partial charge in [-0.3, -0.25) is 0 Å². The lowest BCUT2D eigenvalue weighted by Gasteiger charge is -1.97. The van der Waals surface area contributed by atoms with Crippen LogP contribution in [-0.4, -0.2) is 37.5 Å². The van der Waals surface area contributed by atoms with Crippen molar-refractivity contribution in [3.05, 3.63) is 0 Å². The summed E-state index contributed by atoms with van der Waals surface area (Å²) in [5.41, 5.74) is 0. The summed E-state index contributed by atoms with van der Waals surface area (Å²) in [5, 5.41) is 0.881. The van der Waals surface area contributed by atoms with Crippen molar-refractivity contribution in [3.8, 4) is 0 Å². The molecule has 2 saturated heterocycles. The van der Waals surface area contributed by atoms with Gasteiger partial charge >= 0.3 is 0 Å². The topological polar surface area (TPSA) is 3.01 Å². The van der Waals surface area contributed by atoms with Crippen molar-refractivity contribution < 1.29 is 4.58 Å². The molecule has 2 aliphatic rings. The number of hydrogen-bond acceptors (Lipinski definition) is 2. The summed E-state index contributed by atoms with van der Waals surface area (Å²) in [5.74, 6) is 1.33. The van der Waals surface area contributed by atoms with Crippen molar-refractivity contribution in [1.82, 2.24) is 0 Å². The van der Waals surface area contributed by atoms with Gasteiger partial charge < -0.3 is 0 Å². The van der Waals surface area contributed by atoms with Crippen molar-refractivity contribution in [2.24, 2.45) is 0 Å². The molecule has 0 bridgehead atoms. The van der Waals surface area contributed by atoms with Crippen LogP contribution in [0, 0.1) is 0 Å². The maximum Gasteiger partial charge on any atom is 0.270 e. The minimum Gasteiger partial charge on any atom is -0.219 e. The van der Waals surface area contributed by atoms with E-state index >= 15 is 0 Å². The SMILES string of the molecule is ICC1CSC(=[N+]2CCCC2)S1. The van der Waals surface area contributed by atoms with Gasteiger partial charge in [0.1, 0.15) is 13.1 Å². The summed E-state index contributed by atoms with van der Waals surface area (Å²) in [6.45, 7) is 2.62. The third-order valence-electron chi connectivity index (χ3n) is 2.20. The van der Waals surface area contributed by atoms with Crippen LogP contribution >= 0.6 is 46.1 Å². The Morgan fingerprint density at radius 2 is 2.17 bits per heavy atom. The molecule has 12 heavy (non-hydrogen) atoms. The lowest BCUT2D eigenvalue weighted by molar-refractivity contribution is -0.500. The summed E-state index contributed by atoms with van der Waals surface area (Å²) in [7, 11) is 0. The van der Waals surface area contributed by atoms with Crippen LogP contribution in [0.1, 0.15) is 12.8 Å². The highest BCUT2D eigenvalue weighted by Crippen LogP contribution is 2.34. The molecule has 0 aromatic carbocycles. The summed E-state index contributed by atoms with van der Waals surface area (Å²) in [6, 6.07) is 0. The molecule has 0 radical (unpaired) electrons. The molecule has 0 aliphatic carbocycles. The Kier molecular flexibility index (Phi) is 3.66. The Morgan fingerprint density at radius 3 is 2.75 bits per heavy atom. The molecule has 1 unspecified atom stereocenters. The van der Waals surface area contributed by atoms with Gasteiger partial charge in [0.05, 0.1) is 0 Å². The number of thioether (sulfide) groups is 2. The molecular formula is C8H13INS2+. The average molecular weight is 314 g/mol. The van der Waals surface area contributed by atoms with Crippen LogP contribution in [0.25, 0.3) is 0 Å². The average Bonchev–Trinajstić information content (AvgIpc) is 2.75. The molecule has 2 aliphatic heterocycles. The highest BCUT2D eigenvalue weighted by molar-refractivity contribution is 14.1. The first-order valence-electron chi connectivity index (χ1n) is 4.37. The zero-order chi connectivity index (χ0) is 8.39. The standard InChI is InChI=1S/C8H13INS2/c9-5-7-6-11-8(12-7)10-3-1-2-4-10/h7H,1-6H2/q+1. The van der Waals surface area contributed by atoms with Crippen LogP contribution < -0.4 is 0 Å². The molecule has 1 nitrogen and oxygen atoms in total. The fourth-order valence-corrected chi connectivity index (χ4v) is 5.64. The summed E-state index contributed by atoms with van der Waals surface area (Å²) < 4.78 is 5.48. The quantitative estimate of drug-likeness (QED) is 0.415. The second kappa shape index (κ2) is 4.55. The molecule has 0 spiro atoms. The van der Waals surface area contributed by atoms with Crippen molar-refractivity contribution >= 4 is 50.5 Å². The Labute approximate surface area is 95.9 Å². The van der Waals surface area contributed by atoms with E-state index in [1.807, 2.05) is 0 Å². The fourth-order valence-electron chi connectivity index (χ4n) is 1.52. The van der Waals surface area contributed by atoms with Crippen molar-refractivity contribution in [1.29, 1.82) is 0 Å². The van der Waals surface area contributed by atoms with Crippen molar-refractivity contribution in [3.63, 3.8) is 0 Å². The zero-order valence-corrected chi connectivity index (χ0v) is 10.8. The van der Waals surface area contributed by atoms with E-state index in [4.69, 9.17) is 0 Å². The van der Waals surface area contributed by atoms with Gasteiger partial charge in [-0.2, -0.15) is 0 Å². The largest absolute Gasteiger partial charge is 0.270 e.